The van der Waals surface area contributed by atoms with E-state index in [0.29, 0.717) is 46.9 Å². The van der Waals surface area contributed by atoms with E-state index >= 15 is 0 Å². The molecule has 6 nitrogen and oxygen atoms in total. The lowest BCUT2D eigenvalue weighted by molar-refractivity contribution is -0.116. The number of ether oxygens (including phenoxy) is 2. The van der Waals surface area contributed by atoms with Gasteiger partial charge in [-0.15, -0.1) is 11.3 Å². The number of Topliss-reactive ketones (excluding diaryl/α,β-unsaturated/α-hetero) is 1. The molecule has 2 atom stereocenters. The van der Waals surface area contributed by atoms with Gasteiger partial charge < -0.3 is 20.1 Å². The summed E-state index contributed by atoms with van der Waals surface area (Å²) in [5.74, 6) is 0.0234. The van der Waals surface area contributed by atoms with Gasteiger partial charge in [0.1, 0.15) is 5.82 Å². The predicted octanol–water partition coefficient (Wildman–Crippen LogP) is 5.62. The molecular weight excluding hydrogens is 479 g/mol. The number of rotatable bonds is 4. The molecule has 2 unspecified atom stereocenters. The molecule has 3 heterocycles. The largest absolute Gasteiger partial charge is 0.454 e. The van der Waals surface area contributed by atoms with Crippen LogP contribution in [0.25, 0.3) is 0 Å². The van der Waals surface area contributed by atoms with E-state index < -0.39 is 5.92 Å². The van der Waals surface area contributed by atoms with Gasteiger partial charge in [0, 0.05) is 51.4 Å². The first-order valence-corrected chi connectivity index (χ1v) is 12.6. The number of hydrogen-bond donors (Lipinski definition) is 2. The van der Waals surface area contributed by atoms with Gasteiger partial charge in [0.15, 0.2) is 17.3 Å². The Kier molecular flexibility index (Phi) is 5.60. The van der Waals surface area contributed by atoms with Crippen molar-refractivity contribution in [3.8, 4) is 11.5 Å². The lowest BCUT2D eigenvalue weighted by Gasteiger charge is -2.36. The highest BCUT2D eigenvalue weighted by molar-refractivity contribution is 7.10. The molecule has 0 saturated carbocycles. The Labute approximate surface area is 211 Å². The van der Waals surface area contributed by atoms with E-state index in [0.717, 1.165) is 11.3 Å². The van der Waals surface area contributed by atoms with E-state index in [-0.39, 0.29) is 30.2 Å². The number of dihydropyridines is 1. The molecule has 0 fully saturated rings. The van der Waals surface area contributed by atoms with Crippen LogP contribution in [-0.2, 0) is 9.59 Å². The molecule has 0 bridgehead atoms. The minimum atomic E-state index is -0.576. The second-order valence-electron chi connectivity index (χ2n) is 9.11. The van der Waals surface area contributed by atoms with Gasteiger partial charge in [-0.25, -0.2) is 4.39 Å². The van der Waals surface area contributed by atoms with Crippen LogP contribution in [0, 0.1) is 5.82 Å². The molecule has 1 aliphatic carbocycles. The first-order valence-electron chi connectivity index (χ1n) is 11.7. The molecule has 1 amide bonds. The molecule has 2 aliphatic heterocycles. The summed E-state index contributed by atoms with van der Waals surface area (Å²) >= 11 is 1.65. The van der Waals surface area contributed by atoms with Crippen LogP contribution < -0.4 is 20.1 Å². The Morgan fingerprint density at radius 2 is 1.89 bits per heavy atom. The Bertz CT molecular complexity index is 1430. The summed E-state index contributed by atoms with van der Waals surface area (Å²) in [7, 11) is 0. The zero-order valence-corrected chi connectivity index (χ0v) is 20.3. The van der Waals surface area contributed by atoms with Crippen LogP contribution in [-0.4, -0.2) is 18.5 Å². The average molecular weight is 503 g/mol. The van der Waals surface area contributed by atoms with Crippen LogP contribution in [0.15, 0.2) is 82.5 Å². The number of ketones is 1. The smallest absolute Gasteiger partial charge is 0.254 e. The van der Waals surface area contributed by atoms with E-state index in [1.807, 2.05) is 36.6 Å². The fraction of sp³-hybridized carbons (Fsp3) is 0.214. The lowest BCUT2D eigenvalue weighted by Crippen LogP contribution is -2.37. The normalized spacial score (nSPS) is 20.8. The predicted molar refractivity (Wildman–Crippen MR) is 134 cm³/mol. The van der Waals surface area contributed by atoms with Crippen LogP contribution in [0.3, 0.4) is 0 Å². The van der Waals surface area contributed by atoms with Gasteiger partial charge in [-0.05, 0) is 66.8 Å². The van der Waals surface area contributed by atoms with Gasteiger partial charge in [-0.3, -0.25) is 9.59 Å². The summed E-state index contributed by atoms with van der Waals surface area (Å²) in [5.41, 5.74) is 3.83. The first-order chi connectivity index (χ1) is 17.5. The Morgan fingerprint density at radius 3 is 2.67 bits per heavy atom. The van der Waals surface area contributed by atoms with E-state index in [9.17, 15) is 14.0 Å². The van der Waals surface area contributed by atoms with Crippen molar-refractivity contribution in [2.24, 2.45) is 0 Å². The number of carbonyl (C=O) groups is 2. The van der Waals surface area contributed by atoms with Crippen LogP contribution >= 0.6 is 11.3 Å². The maximum atomic E-state index is 13.7. The lowest BCUT2D eigenvalue weighted by atomic mass is 9.72. The van der Waals surface area contributed by atoms with Crippen LogP contribution in [0.5, 0.6) is 11.5 Å². The Balaban J connectivity index is 1.42. The molecule has 2 aromatic carbocycles. The molecule has 3 aromatic rings. The Hall–Kier alpha value is -3.91. The number of carbonyl (C=O) groups excluding carboxylic acids is 2. The van der Waals surface area contributed by atoms with Gasteiger partial charge in [0.2, 0.25) is 6.79 Å². The fourth-order valence-corrected chi connectivity index (χ4v) is 6.05. The van der Waals surface area contributed by atoms with E-state index in [2.05, 4.69) is 16.7 Å². The highest BCUT2D eigenvalue weighted by Gasteiger charge is 2.41. The topological polar surface area (TPSA) is 76.7 Å². The summed E-state index contributed by atoms with van der Waals surface area (Å²) in [6.07, 6.45) is 1.07. The molecule has 3 aliphatic rings. The molecule has 182 valence electrons. The van der Waals surface area contributed by atoms with Crippen LogP contribution in [0.1, 0.15) is 42.0 Å². The summed E-state index contributed by atoms with van der Waals surface area (Å²) in [6.45, 7) is 1.98. The van der Waals surface area contributed by atoms with E-state index in [1.54, 1.807) is 11.3 Å². The molecule has 0 spiro atoms. The standard InChI is InChI=1S/C28H23FN2O4S/c1-15-25(28(33)31-19-7-5-18(29)6-8-19)26(16-4-9-22-23(13-16)35-14-34-22)27-20(30-15)11-17(12-21(27)32)24-3-2-10-36-24/h2-10,13,17,26,30H,11-12,14H2,1H3,(H,31,33). The number of halogens is 1. The van der Waals surface area contributed by atoms with Crippen molar-refractivity contribution >= 4 is 28.7 Å². The minimum absolute atomic E-state index is 0.0180. The number of allylic oxidation sites excluding steroid dienone is 3. The number of hydrogen-bond acceptors (Lipinski definition) is 6. The van der Waals surface area contributed by atoms with Gasteiger partial charge in [-0.1, -0.05) is 12.1 Å². The maximum Gasteiger partial charge on any atom is 0.254 e. The second-order valence-corrected chi connectivity index (χ2v) is 10.1. The first kappa shape index (κ1) is 22.5. The molecule has 1 aromatic heterocycles. The number of benzene rings is 2. The average Bonchev–Trinajstić information content (AvgIpc) is 3.56. The third-order valence-electron chi connectivity index (χ3n) is 6.85. The summed E-state index contributed by atoms with van der Waals surface area (Å²) in [5, 5.41) is 8.28. The second kappa shape index (κ2) is 8.95. The molecule has 6 rings (SSSR count). The van der Waals surface area contributed by atoms with E-state index in [1.165, 1.54) is 29.1 Å². The third kappa shape index (κ3) is 3.97. The van der Waals surface area contributed by atoms with Crippen molar-refractivity contribution in [2.75, 3.05) is 12.1 Å². The highest BCUT2D eigenvalue weighted by atomic mass is 32.1. The quantitative estimate of drug-likeness (QED) is 0.485. The maximum absolute atomic E-state index is 13.7. The molecule has 0 saturated heterocycles. The van der Waals surface area contributed by atoms with Crippen molar-refractivity contribution in [2.45, 2.75) is 31.6 Å². The van der Waals surface area contributed by atoms with Gasteiger partial charge in [-0.2, -0.15) is 0 Å². The van der Waals surface area contributed by atoms with Gasteiger partial charge >= 0.3 is 0 Å². The van der Waals surface area contributed by atoms with Crippen molar-refractivity contribution in [3.05, 3.63) is 98.8 Å². The number of fused-ring (bicyclic) bond motifs is 1. The monoisotopic (exact) mass is 502 g/mol. The van der Waals surface area contributed by atoms with Crippen molar-refractivity contribution in [3.63, 3.8) is 0 Å². The van der Waals surface area contributed by atoms with Crippen molar-refractivity contribution in [1.29, 1.82) is 0 Å². The summed E-state index contributed by atoms with van der Waals surface area (Å²) < 4.78 is 24.5. The zero-order valence-electron chi connectivity index (χ0n) is 19.5. The molecule has 2 N–H and O–H groups in total. The van der Waals surface area contributed by atoms with Gasteiger partial charge in [0.25, 0.3) is 5.91 Å². The molecular formula is C28H23FN2O4S. The molecule has 0 radical (unpaired) electrons. The zero-order chi connectivity index (χ0) is 24.8. The fourth-order valence-electron chi connectivity index (χ4n) is 5.22. The summed E-state index contributed by atoms with van der Waals surface area (Å²) in [4.78, 5) is 28.5. The summed E-state index contributed by atoms with van der Waals surface area (Å²) in [6, 6.07) is 15.2. The van der Waals surface area contributed by atoms with E-state index in [4.69, 9.17) is 9.47 Å². The van der Waals surface area contributed by atoms with Gasteiger partial charge in [0.05, 0.1) is 0 Å². The molecule has 8 heteroatoms. The Morgan fingerprint density at radius 1 is 1.08 bits per heavy atom. The number of anilines is 1. The SMILES string of the molecule is CC1=C(C(=O)Nc2ccc(F)cc2)C(c2ccc3c(c2)OCO3)C2=C(CC(c3cccs3)CC2=O)N1. The van der Waals surface area contributed by atoms with Crippen LogP contribution in [0.2, 0.25) is 0 Å². The third-order valence-corrected chi connectivity index (χ3v) is 7.88. The number of nitrogens with one attached hydrogen (secondary N) is 2. The highest BCUT2D eigenvalue weighted by Crippen LogP contribution is 2.47. The van der Waals surface area contributed by atoms with Crippen molar-refractivity contribution < 1.29 is 23.5 Å². The van der Waals surface area contributed by atoms with Crippen molar-refractivity contribution in [1.82, 2.24) is 5.32 Å². The number of amides is 1. The molecule has 36 heavy (non-hydrogen) atoms. The minimum Gasteiger partial charge on any atom is -0.454 e. The number of thiophene rings is 1. The van der Waals surface area contributed by atoms with Crippen LogP contribution in [0.4, 0.5) is 10.1 Å².